The molecule has 2 aliphatic rings. The topological polar surface area (TPSA) is 78.5 Å². The van der Waals surface area contributed by atoms with Gasteiger partial charge in [-0.1, -0.05) is 0 Å². The third-order valence-corrected chi connectivity index (χ3v) is 5.19. The van der Waals surface area contributed by atoms with Crippen LogP contribution in [0.2, 0.25) is 0 Å². The second kappa shape index (κ2) is 4.12. The van der Waals surface area contributed by atoms with E-state index < -0.39 is 10.0 Å². The first-order valence-electron chi connectivity index (χ1n) is 6.12. The van der Waals surface area contributed by atoms with Gasteiger partial charge in [-0.05, 0) is 36.6 Å². The van der Waals surface area contributed by atoms with E-state index >= 15 is 0 Å². The van der Waals surface area contributed by atoms with Crippen LogP contribution in [0.25, 0.3) is 0 Å². The van der Waals surface area contributed by atoms with Crippen molar-refractivity contribution >= 4 is 27.4 Å². The van der Waals surface area contributed by atoms with Crippen LogP contribution in [0.1, 0.15) is 18.4 Å². The molecule has 0 aromatic heterocycles. The molecule has 6 nitrogen and oxygen atoms in total. The third kappa shape index (κ3) is 2.37. The van der Waals surface area contributed by atoms with Crippen molar-refractivity contribution in [3.63, 3.8) is 0 Å². The normalized spacial score (nSPS) is 18.8. The van der Waals surface area contributed by atoms with Crippen LogP contribution in [-0.4, -0.2) is 31.6 Å². The molecule has 1 aliphatic heterocycles. The molecule has 0 unspecified atom stereocenters. The van der Waals surface area contributed by atoms with Crippen molar-refractivity contribution in [2.45, 2.75) is 24.6 Å². The Balaban J connectivity index is 1.85. The minimum absolute atomic E-state index is 0.154. The highest BCUT2D eigenvalue weighted by Crippen LogP contribution is 2.31. The molecule has 1 heterocycles. The minimum Gasteiger partial charge on any atom is -0.323 e. The SMILES string of the molecule is CN1Cc2cc(NS(=O)(=O)C3CC3)ccc2NC1=O. The Labute approximate surface area is 111 Å². The predicted molar refractivity (Wildman–Crippen MR) is 72.5 cm³/mol. The molecule has 2 amide bonds. The fraction of sp³-hybridized carbons (Fsp3) is 0.417. The maximum atomic E-state index is 11.9. The predicted octanol–water partition coefficient (Wildman–Crippen LogP) is 1.57. The molecule has 19 heavy (non-hydrogen) atoms. The molecule has 0 radical (unpaired) electrons. The Morgan fingerprint density at radius 1 is 1.37 bits per heavy atom. The van der Waals surface area contributed by atoms with E-state index in [0.717, 1.165) is 24.1 Å². The minimum atomic E-state index is -3.24. The highest BCUT2D eigenvalue weighted by Gasteiger charge is 2.35. The van der Waals surface area contributed by atoms with Crippen molar-refractivity contribution < 1.29 is 13.2 Å². The largest absolute Gasteiger partial charge is 0.323 e. The first-order valence-corrected chi connectivity index (χ1v) is 7.67. The smallest absolute Gasteiger partial charge is 0.321 e. The maximum Gasteiger partial charge on any atom is 0.321 e. The van der Waals surface area contributed by atoms with Gasteiger partial charge in [-0.15, -0.1) is 0 Å². The van der Waals surface area contributed by atoms with Crippen LogP contribution in [0.15, 0.2) is 18.2 Å². The summed E-state index contributed by atoms with van der Waals surface area (Å²) in [7, 11) is -1.55. The number of benzene rings is 1. The molecule has 1 fully saturated rings. The van der Waals surface area contributed by atoms with E-state index in [1.165, 1.54) is 0 Å². The van der Waals surface area contributed by atoms with Crippen molar-refractivity contribution in [1.82, 2.24) is 4.90 Å². The van der Waals surface area contributed by atoms with Gasteiger partial charge in [0.1, 0.15) is 0 Å². The number of hydrogen-bond acceptors (Lipinski definition) is 3. The van der Waals surface area contributed by atoms with Crippen LogP contribution < -0.4 is 10.0 Å². The maximum absolute atomic E-state index is 11.9. The number of rotatable bonds is 3. The van der Waals surface area contributed by atoms with Crippen molar-refractivity contribution in [1.29, 1.82) is 0 Å². The summed E-state index contributed by atoms with van der Waals surface area (Å²) in [6, 6.07) is 5.01. The highest BCUT2D eigenvalue weighted by molar-refractivity contribution is 7.93. The molecule has 0 atom stereocenters. The van der Waals surface area contributed by atoms with Gasteiger partial charge in [0.15, 0.2) is 0 Å². The highest BCUT2D eigenvalue weighted by atomic mass is 32.2. The lowest BCUT2D eigenvalue weighted by molar-refractivity contribution is 0.218. The fourth-order valence-electron chi connectivity index (χ4n) is 2.07. The van der Waals surface area contributed by atoms with Crippen LogP contribution in [0, 0.1) is 0 Å². The first-order chi connectivity index (χ1) is 8.95. The number of nitrogens with zero attached hydrogens (tertiary/aromatic N) is 1. The Kier molecular flexibility index (Phi) is 2.67. The molecule has 0 saturated heterocycles. The van der Waals surface area contributed by atoms with E-state index in [0.29, 0.717) is 12.2 Å². The first kappa shape index (κ1) is 12.3. The molecule has 1 aromatic rings. The Hall–Kier alpha value is -1.76. The summed E-state index contributed by atoms with van der Waals surface area (Å²) in [5.74, 6) is 0. The number of anilines is 2. The number of carbonyl (C=O) groups excluding carboxylic acids is 1. The number of hydrogen-bond donors (Lipinski definition) is 2. The quantitative estimate of drug-likeness (QED) is 0.882. The van der Waals surface area contributed by atoms with E-state index in [1.54, 1.807) is 30.1 Å². The molecule has 2 N–H and O–H groups in total. The van der Waals surface area contributed by atoms with Crippen molar-refractivity contribution in [3.8, 4) is 0 Å². The summed E-state index contributed by atoms with van der Waals surface area (Å²) in [4.78, 5) is 13.0. The lowest BCUT2D eigenvalue weighted by Crippen LogP contribution is -2.35. The van der Waals surface area contributed by atoms with Gasteiger partial charge in [-0.2, -0.15) is 0 Å². The standard InChI is InChI=1S/C12H15N3O3S/c1-15-7-8-6-9(2-5-11(8)13-12(15)16)14-19(17,18)10-3-4-10/h2,5-6,10,14H,3-4,7H2,1H3,(H,13,16). The van der Waals surface area contributed by atoms with Gasteiger partial charge in [0, 0.05) is 25.0 Å². The molecule has 1 aliphatic carbocycles. The summed E-state index contributed by atoms with van der Waals surface area (Å²) in [5, 5.41) is 2.50. The summed E-state index contributed by atoms with van der Waals surface area (Å²) in [6.45, 7) is 0.472. The third-order valence-electron chi connectivity index (χ3n) is 3.32. The second-order valence-electron chi connectivity index (χ2n) is 5.00. The molecule has 0 spiro atoms. The van der Waals surface area contributed by atoms with Crippen molar-refractivity contribution in [3.05, 3.63) is 23.8 Å². The van der Waals surface area contributed by atoms with Gasteiger partial charge in [0.25, 0.3) is 0 Å². The molecule has 102 valence electrons. The molecular formula is C12H15N3O3S. The van der Waals surface area contributed by atoms with Crippen LogP contribution >= 0.6 is 0 Å². The van der Waals surface area contributed by atoms with E-state index in [9.17, 15) is 13.2 Å². The zero-order valence-electron chi connectivity index (χ0n) is 10.5. The molecule has 1 saturated carbocycles. The van der Waals surface area contributed by atoms with Gasteiger partial charge >= 0.3 is 6.03 Å². The monoisotopic (exact) mass is 281 g/mol. The summed E-state index contributed by atoms with van der Waals surface area (Å²) in [5.41, 5.74) is 2.19. The van der Waals surface area contributed by atoms with Gasteiger partial charge in [-0.3, -0.25) is 4.72 Å². The number of sulfonamides is 1. The summed E-state index contributed by atoms with van der Waals surface area (Å²) >= 11 is 0. The zero-order valence-corrected chi connectivity index (χ0v) is 11.3. The van der Waals surface area contributed by atoms with Gasteiger partial charge in [0.2, 0.25) is 10.0 Å². The van der Waals surface area contributed by atoms with Crippen LogP contribution in [0.5, 0.6) is 0 Å². The lowest BCUT2D eigenvalue weighted by atomic mass is 10.1. The van der Waals surface area contributed by atoms with Gasteiger partial charge < -0.3 is 10.2 Å². The Morgan fingerprint density at radius 3 is 2.79 bits per heavy atom. The average molecular weight is 281 g/mol. The van der Waals surface area contributed by atoms with E-state index in [-0.39, 0.29) is 11.3 Å². The summed E-state index contributed by atoms with van der Waals surface area (Å²) < 4.78 is 26.3. The molecule has 0 bridgehead atoms. The van der Waals surface area contributed by atoms with Crippen LogP contribution in [0.4, 0.5) is 16.2 Å². The number of amides is 2. The van der Waals surface area contributed by atoms with Crippen LogP contribution in [0.3, 0.4) is 0 Å². The Morgan fingerprint density at radius 2 is 2.11 bits per heavy atom. The second-order valence-corrected chi connectivity index (χ2v) is 6.97. The molecule has 7 heteroatoms. The molecular weight excluding hydrogens is 266 g/mol. The van der Waals surface area contributed by atoms with Gasteiger partial charge in [-0.25, -0.2) is 13.2 Å². The zero-order chi connectivity index (χ0) is 13.6. The van der Waals surface area contributed by atoms with E-state index in [4.69, 9.17) is 0 Å². The van der Waals surface area contributed by atoms with Crippen molar-refractivity contribution in [2.75, 3.05) is 17.1 Å². The van der Waals surface area contributed by atoms with Crippen LogP contribution in [-0.2, 0) is 16.6 Å². The number of nitrogens with one attached hydrogen (secondary N) is 2. The average Bonchev–Trinajstić information content (AvgIpc) is 3.15. The van der Waals surface area contributed by atoms with Crippen molar-refractivity contribution in [2.24, 2.45) is 0 Å². The Bertz CT molecular complexity index is 638. The summed E-state index contributed by atoms with van der Waals surface area (Å²) in [6.07, 6.45) is 1.47. The molecule has 3 rings (SSSR count). The molecule has 1 aromatic carbocycles. The fourth-order valence-corrected chi connectivity index (χ4v) is 3.45. The number of carbonyl (C=O) groups is 1. The van der Waals surface area contributed by atoms with E-state index in [1.807, 2.05) is 0 Å². The van der Waals surface area contributed by atoms with Gasteiger partial charge in [0.05, 0.1) is 5.25 Å². The number of urea groups is 1. The van der Waals surface area contributed by atoms with E-state index in [2.05, 4.69) is 10.0 Å². The number of fused-ring (bicyclic) bond motifs is 1. The lowest BCUT2D eigenvalue weighted by Gasteiger charge is -2.26.